The first-order valence-electron chi connectivity index (χ1n) is 5.61. The highest BCUT2D eigenvalue weighted by atomic mass is 32.2. The van der Waals surface area contributed by atoms with Crippen molar-refractivity contribution in [2.24, 2.45) is 0 Å². The summed E-state index contributed by atoms with van der Waals surface area (Å²) in [5.41, 5.74) is 0.995. The van der Waals surface area contributed by atoms with E-state index in [1.54, 1.807) is 42.8 Å². The number of carbonyl (C=O) groups is 1. The van der Waals surface area contributed by atoms with Crippen LogP contribution in [0.4, 0.5) is 0 Å². The number of hydrogen-bond acceptors (Lipinski definition) is 4. The average molecular weight is 278 g/mol. The van der Waals surface area contributed by atoms with Gasteiger partial charge in [-0.25, -0.2) is 0 Å². The lowest BCUT2D eigenvalue weighted by molar-refractivity contribution is -0.110. The summed E-state index contributed by atoms with van der Waals surface area (Å²) >= 11 is 3.50. The van der Waals surface area contributed by atoms with Gasteiger partial charge in [0.15, 0.2) is 5.78 Å². The second kappa shape index (κ2) is 6.71. The lowest BCUT2D eigenvalue weighted by atomic mass is 10.2. The average Bonchev–Trinajstić information content (AvgIpc) is 2.90. The molecule has 1 fully saturated rings. The zero-order valence-corrected chi connectivity index (χ0v) is 11.7. The number of ketones is 1. The van der Waals surface area contributed by atoms with Crippen LogP contribution >= 0.6 is 23.5 Å². The van der Waals surface area contributed by atoms with Crippen molar-refractivity contribution < 1.29 is 9.53 Å². The Kier molecular flexibility index (Phi) is 4.96. The lowest BCUT2D eigenvalue weighted by Crippen LogP contribution is -1.86. The molecule has 0 aliphatic carbocycles. The Balaban J connectivity index is 1.96. The standard InChI is InChI=1S/C14H14O2S2/c1-16-13-6-3-11(4-7-13)2-5-12(15)10-14-17-8-9-18-14/h2-7,10H,8-9H2,1H3/b5-2+. The molecule has 0 bridgehead atoms. The molecule has 2 rings (SSSR count). The monoisotopic (exact) mass is 278 g/mol. The van der Waals surface area contributed by atoms with Crippen LogP contribution in [0.2, 0.25) is 0 Å². The molecule has 18 heavy (non-hydrogen) atoms. The molecule has 1 aliphatic heterocycles. The van der Waals surface area contributed by atoms with E-state index in [1.807, 2.05) is 30.3 Å². The Labute approximate surface area is 115 Å². The predicted molar refractivity (Wildman–Crippen MR) is 80.0 cm³/mol. The number of ether oxygens (including phenoxy) is 1. The highest BCUT2D eigenvalue weighted by molar-refractivity contribution is 8.25. The Morgan fingerprint density at radius 1 is 1.22 bits per heavy atom. The summed E-state index contributed by atoms with van der Waals surface area (Å²) < 4.78 is 6.20. The smallest absolute Gasteiger partial charge is 0.180 e. The third-order valence-corrected chi connectivity index (χ3v) is 4.97. The quantitative estimate of drug-likeness (QED) is 0.786. The zero-order chi connectivity index (χ0) is 12.8. The molecule has 0 saturated carbocycles. The van der Waals surface area contributed by atoms with Crippen LogP contribution in [0.1, 0.15) is 5.56 Å². The van der Waals surface area contributed by atoms with Gasteiger partial charge in [-0.15, -0.1) is 23.5 Å². The van der Waals surface area contributed by atoms with Gasteiger partial charge in [0.2, 0.25) is 0 Å². The largest absolute Gasteiger partial charge is 0.497 e. The highest BCUT2D eigenvalue weighted by Crippen LogP contribution is 2.35. The molecule has 1 aromatic rings. The van der Waals surface area contributed by atoms with Gasteiger partial charge in [0.25, 0.3) is 0 Å². The van der Waals surface area contributed by atoms with E-state index >= 15 is 0 Å². The van der Waals surface area contributed by atoms with Crippen molar-refractivity contribution in [3.05, 3.63) is 46.2 Å². The first kappa shape index (κ1) is 13.3. The molecule has 0 N–H and O–H groups in total. The molecule has 1 aliphatic rings. The van der Waals surface area contributed by atoms with E-state index in [2.05, 4.69) is 0 Å². The summed E-state index contributed by atoms with van der Waals surface area (Å²) in [6.45, 7) is 0. The summed E-state index contributed by atoms with van der Waals surface area (Å²) in [7, 11) is 1.64. The first-order chi connectivity index (χ1) is 8.78. The number of carbonyl (C=O) groups excluding carboxylic acids is 1. The van der Waals surface area contributed by atoms with Gasteiger partial charge < -0.3 is 4.74 Å². The normalized spacial score (nSPS) is 15.1. The fourth-order valence-electron chi connectivity index (χ4n) is 1.47. The molecule has 0 radical (unpaired) electrons. The third kappa shape index (κ3) is 3.96. The third-order valence-electron chi connectivity index (χ3n) is 2.39. The lowest BCUT2D eigenvalue weighted by Gasteiger charge is -1.98. The molecule has 4 heteroatoms. The summed E-state index contributed by atoms with van der Waals surface area (Å²) in [5, 5.41) is 0. The summed E-state index contributed by atoms with van der Waals surface area (Å²) in [5.74, 6) is 3.07. The number of allylic oxidation sites excluding steroid dienone is 2. The number of methoxy groups -OCH3 is 1. The van der Waals surface area contributed by atoms with Crippen LogP contribution in [0, 0.1) is 0 Å². The van der Waals surface area contributed by atoms with Crippen LogP contribution in [-0.2, 0) is 4.79 Å². The van der Waals surface area contributed by atoms with Crippen LogP contribution in [0.3, 0.4) is 0 Å². The van der Waals surface area contributed by atoms with Crippen LogP contribution in [0.5, 0.6) is 5.75 Å². The molecular formula is C14H14O2S2. The minimum atomic E-state index is 0.0442. The number of rotatable bonds is 4. The molecule has 0 aromatic heterocycles. The molecule has 2 nitrogen and oxygen atoms in total. The fraction of sp³-hybridized carbons (Fsp3) is 0.214. The van der Waals surface area contributed by atoms with Crippen molar-refractivity contribution in [3.63, 3.8) is 0 Å². The van der Waals surface area contributed by atoms with Crippen LogP contribution in [0.25, 0.3) is 6.08 Å². The molecule has 1 saturated heterocycles. The second-order valence-electron chi connectivity index (χ2n) is 3.67. The number of thioether (sulfide) groups is 2. The molecule has 0 atom stereocenters. The van der Waals surface area contributed by atoms with Gasteiger partial charge in [-0.2, -0.15) is 0 Å². The fourth-order valence-corrected chi connectivity index (χ4v) is 3.77. The Morgan fingerprint density at radius 2 is 1.89 bits per heavy atom. The molecular weight excluding hydrogens is 264 g/mol. The zero-order valence-electron chi connectivity index (χ0n) is 10.1. The van der Waals surface area contributed by atoms with Crippen molar-refractivity contribution >= 4 is 35.4 Å². The maximum absolute atomic E-state index is 11.7. The maximum atomic E-state index is 11.7. The minimum absolute atomic E-state index is 0.0442. The summed E-state index contributed by atoms with van der Waals surface area (Å²) in [4.78, 5) is 11.7. The molecule has 0 amide bonds. The maximum Gasteiger partial charge on any atom is 0.180 e. The van der Waals surface area contributed by atoms with Crippen LogP contribution in [0.15, 0.2) is 40.7 Å². The van der Waals surface area contributed by atoms with Gasteiger partial charge in [-0.3, -0.25) is 4.79 Å². The number of hydrogen-bond donors (Lipinski definition) is 0. The van der Waals surface area contributed by atoms with Gasteiger partial charge in [0.1, 0.15) is 5.75 Å². The van der Waals surface area contributed by atoms with Crippen molar-refractivity contribution in [1.82, 2.24) is 0 Å². The van der Waals surface area contributed by atoms with Crippen LogP contribution < -0.4 is 4.74 Å². The summed E-state index contributed by atoms with van der Waals surface area (Å²) in [6, 6.07) is 7.61. The molecule has 1 heterocycles. The van der Waals surface area contributed by atoms with Gasteiger partial charge >= 0.3 is 0 Å². The van der Waals surface area contributed by atoms with E-state index in [4.69, 9.17) is 4.74 Å². The van der Waals surface area contributed by atoms with Gasteiger partial charge in [0, 0.05) is 21.8 Å². The highest BCUT2D eigenvalue weighted by Gasteiger charge is 2.08. The Bertz CT molecular complexity index is 467. The van der Waals surface area contributed by atoms with Gasteiger partial charge in [0.05, 0.1) is 7.11 Å². The Morgan fingerprint density at radius 3 is 2.50 bits per heavy atom. The molecule has 94 valence electrons. The van der Waals surface area contributed by atoms with E-state index in [0.717, 1.165) is 27.1 Å². The topological polar surface area (TPSA) is 26.3 Å². The molecule has 1 aromatic carbocycles. The number of benzene rings is 1. The van der Waals surface area contributed by atoms with E-state index in [9.17, 15) is 4.79 Å². The van der Waals surface area contributed by atoms with Crippen molar-refractivity contribution in [1.29, 1.82) is 0 Å². The van der Waals surface area contributed by atoms with Gasteiger partial charge in [-0.1, -0.05) is 18.2 Å². The molecule has 0 unspecified atom stereocenters. The van der Waals surface area contributed by atoms with Crippen LogP contribution in [-0.4, -0.2) is 24.4 Å². The summed E-state index contributed by atoms with van der Waals surface area (Å²) in [6.07, 6.45) is 5.14. The van der Waals surface area contributed by atoms with Crippen molar-refractivity contribution in [3.8, 4) is 5.75 Å². The SMILES string of the molecule is COc1ccc(/C=C/C(=O)C=C2SCCS2)cc1. The van der Waals surface area contributed by atoms with E-state index in [-0.39, 0.29) is 5.78 Å². The first-order valence-corrected chi connectivity index (χ1v) is 7.58. The minimum Gasteiger partial charge on any atom is -0.497 e. The molecule has 0 spiro atoms. The predicted octanol–water partition coefficient (Wildman–Crippen LogP) is 3.60. The van der Waals surface area contributed by atoms with E-state index < -0.39 is 0 Å². The second-order valence-corrected chi connectivity index (χ2v) is 6.20. The van der Waals surface area contributed by atoms with Crippen molar-refractivity contribution in [2.45, 2.75) is 0 Å². The van der Waals surface area contributed by atoms with Crippen molar-refractivity contribution in [2.75, 3.05) is 18.6 Å². The van der Waals surface area contributed by atoms with E-state index in [1.165, 1.54) is 0 Å². The van der Waals surface area contributed by atoms with Gasteiger partial charge in [-0.05, 0) is 23.8 Å². The van der Waals surface area contributed by atoms with E-state index in [0.29, 0.717) is 0 Å². The Hall–Kier alpha value is -1.13.